The fourth-order valence-electron chi connectivity index (χ4n) is 1.01. The monoisotopic (exact) mass is 248 g/mol. The minimum absolute atomic E-state index is 0.0355. The molecule has 8 heteroatoms. The Bertz CT molecular complexity index is 450. The molecule has 0 aliphatic carbocycles. The number of carboxylic acids is 1. The van der Waals surface area contributed by atoms with Crippen LogP contribution in [-0.2, 0) is 4.57 Å². The summed E-state index contributed by atoms with van der Waals surface area (Å²) in [5.41, 5.74) is -0.163. The van der Waals surface area contributed by atoms with Crippen LogP contribution in [0.3, 0.4) is 0 Å². The third-order valence-electron chi connectivity index (χ3n) is 1.63. The molecule has 0 amide bonds. The summed E-state index contributed by atoms with van der Waals surface area (Å²) in [4.78, 5) is 27.8. The summed E-state index contributed by atoms with van der Waals surface area (Å²) in [6, 6.07) is 3.45. The number of carboxylic acid groups (broad SMARTS) is 1. The highest BCUT2D eigenvalue weighted by Crippen LogP contribution is 2.42. The van der Waals surface area contributed by atoms with Gasteiger partial charge in [-0.15, -0.1) is 0 Å². The average molecular weight is 248 g/mol. The second kappa shape index (κ2) is 4.52. The van der Waals surface area contributed by atoms with Gasteiger partial charge in [0.1, 0.15) is 0 Å². The maximum Gasteiger partial charge on any atom is 0.524 e. The first kappa shape index (κ1) is 12.5. The third-order valence-corrected chi connectivity index (χ3v) is 2.06. The number of rotatable bonds is 4. The molecule has 0 fully saturated rings. The van der Waals surface area contributed by atoms with Crippen LogP contribution in [0.15, 0.2) is 18.2 Å². The van der Waals surface area contributed by atoms with Crippen molar-refractivity contribution in [2.75, 3.05) is 7.11 Å². The number of benzene rings is 1. The summed E-state index contributed by atoms with van der Waals surface area (Å²) >= 11 is 0. The molecule has 0 aliphatic rings. The van der Waals surface area contributed by atoms with E-state index in [9.17, 15) is 9.36 Å². The van der Waals surface area contributed by atoms with Crippen molar-refractivity contribution in [2.45, 2.75) is 0 Å². The Morgan fingerprint density at radius 2 is 1.94 bits per heavy atom. The highest BCUT2D eigenvalue weighted by atomic mass is 31.2. The van der Waals surface area contributed by atoms with Crippen LogP contribution in [-0.4, -0.2) is 28.0 Å². The quantitative estimate of drug-likeness (QED) is 0.677. The lowest BCUT2D eigenvalue weighted by atomic mass is 10.2. The standard InChI is InChI=1S/C8H9O7P/c1-14-6-3-2-5(8(9)10)4-7(6)15-16(11,12)13/h2-4H,1H3,(H,9,10)(H2,11,12,13). The number of carbonyl (C=O) groups is 1. The number of phosphoric ester groups is 1. The second-order valence-corrected chi connectivity index (χ2v) is 3.92. The average Bonchev–Trinajstić information content (AvgIpc) is 2.15. The smallest absolute Gasteiger partial charge is 0.493 e. The molecule has 0 atom stereocenters. The molecule has 0 aliphatic heterocycles. The maximum absolute atomic E-state index is 10.6. The minimum atomic E-state index is -4.75. The van der Waals surface area contributed by atoms with E-state index in [4.69, 9.17) is 19.6 Å². The molecule has 0 heterocycles. The van der Waals surface area contributed by atoms with Crippen LogP contribution in [0.25, 0.3) is 0 Å². The molecule has 0 spiro atoms. The largest absolute Gasteiger partial charge is 0.524 e. The fraction of sp³-hybridized carbons (Fsp3) is 0.125. The van der Waals surface area contributed by atoms with Gasteiger partial charge in [-0.2, -0.15) is 0 Å². The van der Waals surface area contributed by atoms with Gasteiger partial charge in [0, 0.05) is 0 Å². The van der Waals surface area contributed by atoms with Crippen LogP contribution in [0.5, 0.6) is 11.5 Å². The normalized spacial score (nSPS) is 10.9. The van der Waals surface area contributed by atoms with Gasteiger partial charge in [0.15, 0.2) is 11.5 Å². The minimum Gasteiger partial charge on any atom is -0.493 e. The Balaban J connectivity index is 3.17. The van der Waals surface area contributed by atoms with Crippen molar-refractivity contribution in [1.29, 1.82) is 0 Å². The van der Waals surface area contributed by atoms with Gasteiger partial charge < -0.3 is 14.4 Å². The Morgan fingerprint density at radius 3 is 2.38 bits per heavy atom. The predicted molar refractivity (Wildman–Crippen MR) is 52.6 cm³/mol. The molecule has 0 aromatic heterocycles. The number of ether oxygens (including phenoxy) is 1. The SMILES string of the molecule is COc1ccc(C(=O)O)cc1OP(=O)(O)O. The van der Waals surface area contributed by atoms with Gasteiger partial charge in [-0.25, -0.2) is 9.36 Å². The fourth-order valence-corrected chi connectivity index (χ4v) is 1.41. The molecule has 1 rings (SSSR count). The van der Waals surface area contributed by atoms with Crippen LogP contribution < -0.4 is 9.26 Å². The molecule has 0 saturated carbocycles. The summed E-state index contributed by atoms with van der Waals surface area (Å²) in [5, 5.41) is 8.68. The molecule has 7 nitrogen and oxygen atoms in total. The summed E-state index contributed by atoms with van der Waals surface area (Å²) in [7, 11) is -3.48. The van der Waals surface area contributed by atoms with Crippen LogP contribution in [0, 0.1) is 0 Å². The zero-order valence-electron chi connectivity index (χ0n) is 8.15. The van der Waals surface area contributed by atoms with Crippen LogP contribution in [0.1, 0.15) is 10.4 Å². The highest BCUT2D eigenvalue weighted by Gasteiger charge is 2.20. The zero-order chi connectivity index (χ0) is 12.3. The molecule has 1 aromatic rings. The van der Waals surface area contributed by atoms with E-state index in [1.54, 1.807) is 0 Å². The summed E-state index contributed by atoms with van der Waals surface area (Å²) in [6.07, 6.45) is 0. The number of methoxy groups -OCH3 is 1. The van der Waals surface area contributed by atoms with Crippen molar-refractivity contribution < 1.29 is 33.5 Å². The number of phosphoric acid groups is 1. The van der Waals surface area contributed by atoms with Crippen molar-refractivity contribution in [3.8, 4) is 11.5 Å². The van der Waals surface area contributed by atoms with Crippen LogP contribution >= 0.6 is 7.82 Å². The lowest BCUT2D eigenvalue weighted by Gasteiger charge is -2.11. The van der Waals surface area contributed by atoms with Crippen molar-refractivity contribution >= 4 is 13.8 Å². The van der Waals surface area contributed by atoms with Gasteiger partial charge in [-0.05, 0) is 18.2 Å². The molecule has 0 saturated heterocycles. The second-order valence-electron chi connectivity index (χ2n) is 2.75. The first-order valence-electron chi connectivity index (χ1n) is 4.00. The van der Waals surface area contributed by atoms with E-state index in [0.717, 1.165) is 6.07 Å². The summed E-state index contributed by atoms with van der Waals surface area (Å²) in [6.45, 7) is 0. The molecule has 16 heavy (non-hydrogen) atoms. The Labute approximate surface area is 90.5 Å². The van der Waals surface area contributed by atoms with Gasteiger partial charge >= 0.3 is 13.8 Å². The van der Waals surface area contributed by atoms with Gasteiger partial charge in [-0.1, -0.05) is 0 Å². The molecule has 0 radical (unpaired) electrons. The summed E-state index contributed by atoms with van der Waals surface area (Å²) in [5.74, 6) is -1.53. The number of hydrogen-bond donors (Lipinski definition) is 3. The van der Waals surface area contributed by atoms with Gasteiger partial charge in [0.05, 0.1) is 12.7 Å². The predicted octanol–water partition coefficient (Wildman–Crippen LogP) is 0.865. The van der Waals surface area contributed by atoms with Crippen LogP contribution in [0.4, 0.5) is 0 Å². The van der Waals surface area contributed by atoms with Gasteiger partial charge in [0.2, 0.25) is 0 Å². The summed E-state index contributed by atoms with van der Waals surface area (Å²) < 4.78 is 19.7. The zero-order valence-corrected chi connectivity index (χ0v) is 9.05. The first-order valence-corrected chi connectivity index (χ1v) is 5.53. The van der Waals surface area contributed by atoms with Crippen LogP contribution in [0.2, 0.25) is 0 Å². The van der Waals surface area contributed by atoms with Gasteiger partial charge in [0.25, 0.3) is 0 Å². The van der Waals surface area contributed by atoms with E-state index in [0.29, 0.717) is 0 Å². The van der Waals surface area contributed by atoms with Crippen molar-refractivity contribution in [2.24, 2.45) is 0 Å². The molecule has 88 valence electrons. The number of hydrogen-bond acceptors (Lipinski definition) is 4. The number of aromatic carboxylic acids is 1. The Morgan fingerprint density at radius 1 is 1.31 bits per heavy atom. The molecule has 1 aromatic carbocycles. The molecule has 0 unspecified atom stereocenters. The lowest BCUT2D eigenvalue weighted by Crippen LogP contribution is -1.99. The van der Waals surface area contributed by atoms with E-state index >= 15 is 0 Å². The third kappa shape index (κ3) is 3.23. The van der Waals surface area contributed by atoms with Crippen molar-refractivity contribution in [1.82, 2.24) is 0 Å². The van der Waals surface area contributed by atoms with E-state index < -0.39 is 13.8 Å². The van der Waals surface area contributed by atoms with E-state index in [1.807, 2.05) is 0 Å². The Kier molecular flexibility index (Phi) is 3.54. The van der Waals surface area contributed by atoms with E-state index in [1.165, 1.54) is 19.2 Å². The van der Waals surface area contributed by atoms with Crippen molar-refractivity contribution in [3.63, 3.8) is 0 Å². The van der Waals surface area contributed by atoms with Gasteiger partial charge in [-0.3, -0.25) is 9.79 Å². The molecule has 3 N–H and O–H groups in total. The highest BCUT2D eigenvalue weighted by molar-refractivity contribution is 7.46. The molecule has 0 bridgehead atoms. The molecular formula is C8H9O7P. The van der Waals surface area contributed by atoms with Crippen molar-refractivity contribution in [3.05, 3.63) is 23.8 Å². The lowest BCUT2D eigenvalue weighted by molar-refractivity contribution is 0.0696. The maximum atomic E-state index is 10.6. The topological polar surface area (TPSA) is 113 Å². The Hall–Kier alpha value is -1.56. The van der Waals surface area contributed by atoms with E-state index in [-0.39, 0.29) is 17.1 Å². The molecular weight excluding hydrogens is 239 g/mol. The van der Waals surface area contributed by atoms with E-state index in [2.05, 4.69) is 4.52 Å². The first-order chi connectivity index (χ1) is 7.33.